The van der Waals surface area contributed by atoms with Crippen LogP contribution in [0.5, 0.6) is 0 Å². The normalized spacial score (nSPS) is 14.8. The van der Waals surface area contributed by atoms with Gasteiger partial charge in [0.15, 0.2) is 0 Å². The fourth-order valence-electron chi connectivity index (χ4n) is 1.90. The summed E-state index contributed by atoms with van der Waals surface area (Å²) >= 11 is 0. The Kier molecular flexibility index (Phi) is 4.33. The molecule has 1 aliphatic rings. The van der Waals surface area contributed by atoms with E-state index >= 15 is 0 Å². The number of hydrogen-bond donors (Lipinski definition) is 1. The lowest BCUT2D eigenvalue weighted by molar-refractivity contribution is 0.0725. The van der Waals surface area contributed by atoms with Gasteiger partial charge in [-0.3, -0.25) is 9.80 Å². The summed E-state index contributed by atoms with van der Waals surface area (Å²) in [7, 11) is 0. The number of nitrogens with one attached hydrogen (secondary N) is 1. The van der Waals surface area contributed by atoms with Gasteiger partial charge in [-0.05, 0) is 31.9 Å². The quantitative estimate of drug-likeness (QED) is 0.815. The summed E-state index contributed by atoms with van der Waals surface area (Å²) < 4.78 is 0. The Morgan fingerprint density at radius 2 is 2.12 bits per heavy atom. The average molecular weight is 241 g/mol. The highest BCUT2D eigenvalue weighted by Crippen LogP contribution is 2.13. The maximum Gasteiger partial charge on any atom is 0.268 e. The predicted molar refractivity (Wildman–Crippen MR) is 66.8 cm³/mol. The summed E-state index contributed by atoms with van der Waals surface area (Å²) in [5.41, 5.74) is 6.12. The van der Waals surface area contributed by atoms with Crippen molar-refractivity contribution in [2.75, 3.05) is 13.1 Å². The summed E-state index contributed by atoms with van der Waals surface area (Å²) in [6, 6.07) is 5.94. The van der Waals surface area contributed by atoms with Crippen LogP contribution in [0.25, 0.3) is 0 Å². The molecule has 0 aromatic heterocycles. The zero-order chi connectivity index (χ0) is 10.8. The lowest BCUT2D eigenvalue weighted by Gasteiger charge is -2.16. The molecule has 0 saturated carbocycles. The van der Waals surface area contributed by atoms with Gasteiger partial charge in [-0.1, -0.05) is 17.7 Å². The molecule has 2 rings (SSSR count). The van der Waals surface area contributed by atoms with Crippen LogP contribution in [0, 0.1) is 13.8 Å². The van der Waals surface area contributed by atoms with Crippen LogP contribution in [-0.4, -0.2) is 24.0 Å². The van der Waals surface area contributed by atoms with Gasteiger partial charge >= 0.3 is 0 Å². The molecule has 0 aliphatic carbocycles. The highest BCUT2D eigenvalue weighted by Gasteiger charge is 2.20. The molecule has 3 nitrogen and oxygen atoms in total. The Morgan fingerprint density at radius 3 is 2.69 bits per heavy atom. The van der Waals surface area contributed by atoms with Gasteiger partial charge < -0.3 is 0 Å². The smallest absolute Gasteiger partial charge is 0.268 e. The molecular weight excluding hydrogens is 224 g/mol. The number of benzene rings is 1. The highest BCUT2D eigenvalue weighted by atomic mass is 35.5. The van der Waals surface area contributed by atoms with E-state index in [9.17, 15) is 4.79 Å². The van der Waals surface area contributed by atoms with Gasteiger partial charge in [-0.15, -0.1) is 12.4 Å². The molecule has 1 aromatic carbocycles. The van der Waals surface area contributed by atoms with E-state index in [4.69, 9.17) is 0 Å². The number of aryl methyl sites for hydroxylation is 2. The fourth-order valence-corrected chi connectivity index (χ4v) is 1.90. The second kappa shape index (κ2) is 5.32. The van der Waals surface area contributed by atoms with Crippen LogP contribution >= 0.6 is 12.4 Å². The average Bonchev–Trinajstić information content (AvgIpc) is 2.69. The highest BCUT2D eigenvalue weighted by molar-refractivity contribution is 5.95. The minimum absolute atomic E-state index is 0. The van der Waals surface area contributed by atoms with E-state index < -0.39 is 0 Å². The van der Waals surface area contributed by atoms with Crippen LogP contribution in [0.15, 0.2) is 18.2 Å². The number of carbonyl (C=O) groups is 1. The van der Waals surface area contributed by atoms with Crippen molar-refractivity contribution < 1.29 is 4.79 Å². The van der Waals surface area contributed by atoms with Gasteiger partial charge in [0.1, 0.15) is 0 Å². The third kappa shape index (κ3) is 2.54. The minimum atomic E-state index is 0. The van der Waals surface area contributed by atoms with Crippen LogP contribution in [0.4, 0.5) is 0 Å². The van der Waals surface area contributed by atoms with Crippen molar-refractivity contribution in [2.45, 2.75) is 20.3 Å². The largest absolute Gasteiger partial charge is 0.274 e. The second-order valence-corrected chi connectivity index (χ2v) is 4.04. The molecule has 0 spiro atoms. The van der Waals surface area contributed by atoms with Gasteiger partial charge in [-0.25, -0.2) is 5.43 Å². The third-order valence-electron chi connectivity index (χ3n) is 2.72. The molecule has 4 heteroatoms. The van der Waals surface area contributed by atoms with E-state index in [0.717, 1.165) is 30.6 Å². The molecule has 1 heterocycles. The summed E-state index contributed by atoms with van der Waals surface area (Å²) in [4.78, 5) is 12.0. The molecule has 1 fully saturated rings. The van der Waals surface area contributed by atoms with Gasteiger partial charge in [0.05, 0.1) is 0 Å². The molecule has 1 N–H and O–H groups in total. The Bertz CT molecular complexity index is 387. The van der Waals surface area contributed by atoms with Gasteiger partial charge in [0, 0.05) is 18.7 Å². The number of rotatable bonds is 1. The summed E-state index contributed by atoms with van der Waals surface area (Å²) in [5, 5.41) is 1.71. The first-order valence-electron chi connectivity index (χ1n) is 5.31. The van der Waals surface area contributed by atoms with E-state index in [1.54, 1.807) is 5.01 Å². The second-order valence-electron chi connectivity index (χ2n) is 4.04. The van der Waals surface area contributed by atoms with Crippen molar-refractivity contribution in [2.24, 2.45) is 0 Å². The van der Waals surface area contributed by atoms with Crippen molar-refractivity contribution >= 4 is 18.3 Å². The Hall–Kier alpha value is -1.06. The number of amides is 1. The van der Waals surface area contributed by atoms with Crippen LogP contribution in [0.1, 0.15) is 27.9 Å². The molecule has 0 radical (unpaired) electrons. The summed E-state index contributed by atoms with van der Waals surface area (Å²) in [6.07, 6.45) is 1.04. The number of halogens is 1. The SMILES string of the molecule is Cc1ccc(C(=O)N2CCCN2)c(C)c1.Cl. The lowest BCUT2D eigenvalue weighted by Crippen LogP contribution is -2.37. The van der Waals surface area contributed by atoms with Gasteiger partial charge in [-0.2, -0.15) is 0 Å². The Morgan fingerprint density at radius 1 is 1.38 bits per heavy atom. The van der Waals surface area contributed by atoms with Crippen molar-refractivity contribution in [1.82, 2.24) is 10.4 Å². The number of nitrogens with zero attached hydrogens (tertiary/aromatic N) is 1. The number of carbonyl (C=O) groups excluding carboxylic acids is 1. The van der Waals surface area contributed by atoms with E-state index in [1.165, 1.54) is 5.56 Å². The van der Waals surface area contributed by atoms with E-state index in [1.807, 2.05) is 32.0 Å². The first-order valence-corrected chi connectivity index (χ1v) is 5.31. The molecule has 1 amide bonds. The molecule has 1 aromatic rings. The molecule has 16 heavy (non-hydrogen) atoms. The molecular formula is C12H17ClN2O. The van der Waals surface area contributed by atoms with Crippen LogP contribution in [-0.2, 0) is 0 Å². The van der Waals surface area contributed by atoms with Crippen molar-refractivity contribution in [3.63, 3.8) is 0 Å². The van der Waals surface area contributed by atoms with Crippen molar-refractivity contribution in [3.8, 4) is 0 Å². The van der Waals surface area contributed by atoms with Crippen molar-refractivity contribution in [3.05, 3.63) is 34.9 Å². The molecule has 1 saturated heterocycles. The molecule has 0 atom stereocenters. The zero-order valence-electron chi connectivity index (χ0n) is 9.62. The van der Waals surface area contributed by atoms with E-state index in [0.29, 0.717) is 0 Å². The first kappa shape index (κ1) is 13.0. The first-order chi connectivity index (χ1) is 7.18. The fraction of sp³-hybridized carbons (Fsp3) is 0.417. The van der Waals surface area contributed by atoms with Gasteiger partial charge in [0.25, 0.3) is 5.91 Å². The molecule has 88 valence electrons. The van der Waals surface area contributed by atoms with Crippen molar-refractivity contribution in [1.29, 1.82) is 0 Å². The molecule has 0 unspecified atom stereocenters. The molecule has 0 bridgehead atoms. The lowest BCUT2D eigenvalue weighted by atomic mass is 10.1. The number of hydrogen-bond acceptors (Lipinski definition) is 2. The summed E-state index contributed by atoms with van der Waals surface area (Å²) in [5.74, 6) is 0.0880. The van der Waals surface area contributed by atoms with Crippen LogP contribution < -0.4 is 5.43 Å². The van der Waals surface area contributed by atoms with Crippen LogP contribution in [0.2, 0.25) is 0 Å². The Balaban J connectivity index is 0.00000128. The van der Waals surface area contributed by atoms with E-state index in [-0.39, 0.29) is 18.3 Å². The maximum absolute atomic E-state index is 12.0. The topological polar surface area (TPSA) is 32.3 Å². The predicted octanol–water partition coefficient (Wildman–Crippen LogP) is 2.08. The summed E-state index contributed by atoms with van der Waals surface area (Å²) in [6.45, 7) is 5.73. The van der Waals surface area contributed by atoms with Crippen LogP contribution in [0.3, 0.4) is 0 Å². The third-order valence-corrected chi connectivity index (χ3v) is 2.72. The standard InChI is InChI=1S/C12H16N2O.ClH/c1-9-4-5-11(10(2)8-9)12(15)14-7-3-6-13-14;/h4-5,8,13H,3,6-7H2,1-2H3;1H. The zero-order valence-corrected chi connectivity index (χ0v) is 10.4. The number of hydrazine groups is 1. The monoisotopic (exact) mass is 240 g/mol. The van der Waals surface area contributed by atoms with E-state index in [2.05, 4.69) is 5.43 Å². The Labute approximate surface area is 102 Å². The maximum atomic E-state index is 12.0. The minimum Gasteiger partial charge on any atom is -0.274 e. The van der Waals surface area contributed by atoms with Gasteiger partial charge in [0.2, 0.25) is 0 Å². The molecule has 1 aliphatic heterocycles.